The summed E-state index contributed by atoms with van der Waals surface area (Å²) in [6.07, 6.45) is 1.46. The minimum Gasteiger partial charge on any atom is -0.327 e. The van der Waals surface area contributed by atoms with Crippen molar-refractivity contribution in [3.8, 4) is 0 Å². The molecule has 0 bridgehead atoms. The van der Waals surface area contributed by atoms with E-state index in [1.165, 1.54) is 22.8 Å². The molecule has 0 aliphatic carbocycles. The zero-order valence-electron chi connectivity index (χ0n) is 11.8. The number of rotatable bonds is 4. The number of halogens is 2. The Hall–Kier alpha value is -1.19. The average Bonchev–Trinajstić information content (AvgIpc) is 2.38. The van der Waals surface area contributed by atoms with Gasteiger partial charge < -0.3 is 5.73 Å². The van der Waals surface area contributed by atoms with Crippen molar-refractivity contribution in [1.29, 1.82) is 0 Å². The maximum atomic E-state index is 13.3. The molecular weight excluding hydrogens is 317 g/mol. The van der Waals surface area contributed by atoms with Crippen LogP contribution >= 0.6 is 15.9 Å². The molecule has 0 fully saturated rings. The van der Waals surface area contributed by atoms with Gasteiger partial charge in [0.25, 0.3) is 0 Å². The van der Waals surface area contributed by atoms with Gasteiger partial charge in [-0.15, -0.1) is 0 Å². The molecule has 2 rings (SSSR count). The molecule has 1 unspecified atom stereocenters. The van der Waals surface area contributed by atoms with Crippen molar-refractivity contribution in [2.75, 3.05) is 0 Å². The largest absolute Gasteiger partial charge is 0.327 e. The van der Waals surface area contributed by atoms with Crippen molar-refractivity contribution in [3.63, 3.8) is 0 Å². The van der Waals surface area contributed by atoms with Crippen molar-refractivity contribution < 1.29 is 4.39 Å². The molecule has 106 valence electrons. The Morgan fingerprint density at radius 2 is 1.75 bits per heavy atom. The van der Waals surface area contributed by atoms with Crippen LogP contribution in [0.1, 0.15) is 22.3 Å². The first-order chi connectivity index (χ1) is 9.45. The van der Waals surface area contributed by atoms with E-state index in [0.717, 1.165) is 16.5 Å². The highest BCUT2D eigenvalue weighted by Gasteiger charge is 2.10. The van der Waals surface area contributed by atoms with Crippen LogP contribution in [-0.2, 0) is 12.8 Å². The summed E-state index contributed by atoms with van der Waals surface area (Å²) < 4.78 is 14.2. The van der Waals surface area contributed by atoms with E-state index in [1.807, 2.05) is 0 Å². The molecule has 2 aromatic rings. The van der Waals surface area contributed by atoms with Gasteiger partial charge in [-0.1, -0.05) is 39.7 Å². The Balaban J connectivity index is 2.10. The summed E-state index contributed by atoms with van der Waals surface area (Å²) in [4.78, 5) is 0. The fourth-order valence-corrected chi connectivity index (χ4v) is 2.77. The zero-order chi connectivity index (χ0) is 14.7. The first-order valence-electron chi connectivity index (χ1n) is 6.71. The lowest BCUT2D eigenvalue weighted by Gasteiger charge is -2.15. The molecule has 0 amide bonds. The van der Waals surface area contributed by atoms with Gasteiger partial charge in [0.1, 0.15) is 5.82 Å². The molecule has 0 spiro atoms. The van der Waals surface area contributed by atoms with Gasteiger partial charge in [-0.05, 0) is 61.6 Å². The minimum absolute atomic E-state index is 0.0198. The maximum Gasteiger partial charge on any atom is 0.123 e. The van der Waals surface area contributed by atoms with Crippen molar-refractivity contribution in [2.24, 2.45) is 5.73 Å². The maximum absolute atomic E-state index is 13.3. The van der Waals surface area contributed by atoms with Crippen LogP contribution in [0.5, 0.6) is 0 Å². The van der Waals surface area contributed by atoms with Gasteiger partial charge >= 0.3 is 0 Å². The van der Waals surface area contributed by atoms with Crippen LogP contribution in [0.15, 0.2) is 40.9 Å². The van der Waals surface area contributed by atoms with Gasteiger partial charge in [0.15, 0.2) is 0 Å². The lowest BCUT2D eigenvalue weighted by molar-refractivity contribution is 0.617. The van der Waals surface area contributed by atoms with Crippen LogP contribution < -0.4 is 5.73 Å². The van der Waals surface area contributed by atoms with E-state index in [2.05, 4.69) is 48.0 Å². The molecule has 0 aromatic heterocycles. The molecule has 0 saturated heterocycles. The van der Waals surface area contributed by atoms with Crippen molar-refractivity contribution in [1.82, 2.24) is 0 Å². The minimum atomic E-state index is -0.220. The Bertz CT molecular complexity index is 556. The van der Waals surface area contributed by atoms with E-state index in [4.69, 9.17) is 5.73 Å². The standard InChI is InChI=1S/C17H19BrFN/c1-11-3-4-12(2)13(7-11)9-16(20)10-14-8-15(19)5-6-17(14)18/h3-8,16H,9-10,20H2,1-2H3. The van der Waals surface area contributed by atoms with Gasteiger partial charge in [0, 0.05) is 10.5 Å². The molecule has 0 heterocycles. The van der Waals surface area contributed by atoms with Crippen LogP contribution in [0.2, 0.25) is 0 Å². The topological polar surface area (TPSA) is 26.0 Å². The Kier molecular flexibility index (Phi) is 4.95. The third kappa shape index (κ3) is 3.90. The van der Waals surface area contributed by atoms with Crippen LogP contribution in [0.25, 0.3) is 0 Å². The highest BCUT2D eigenvalue weighted by atomic mass is 79.9. The van der Waals surface area contributed by atoms with Gasteiger partial charge in [-0.25, -0.2) is 4.39 Å². The van der Waals surface area contributed by atoms with Crippen molar-refractivity contribution >= 4 is 15.9 Å². The molecule has 2 aromatic carbocycles. The lowest BCUT2D eigenvalue weighted by atomic mass is 9.96. The number of hydrogen-bond acceptors (Lipinski definition) is 1. The summed E-state index contributed by atoms with van der Waals surface area (Å²) in [6, 6.07) is 11.1. The predicted molar refractivity (Wildman–Crippen MR) is 85.4 cm³/mol. The molecule has 0 radical (unpaired) electrons. The number of aryl methyl sites for hydroxylation is 2. The Morgan fingerprint density at radius 3 is 2.50 bits per heavy atom. The summed E-state index contributed by atoms with van der Waals surface area (Å²) >= 11 is 3.45. The molecule has 2 N–H and O–H groups in total. The SMILES string of the molecule is Cc1ccc(C)c(CC(N)Cc2cc(F)ccc2Br)c1. The number of benzene rings is 2. The summed E-state index contributed by atoms with van der Waals surface area (Å²) in [6.45, 7) is 4.18. The molecule has 3 heteroatoms. The van der Waals surface area contributed by atoms with Crippen LogP contribution in [-0.4, -0.2) is 6.04 Å². The third-order valence-electron chi connectivity index (χ3n) is 3.48. The summed E-state index contributed by atoms with van der Waals surface area (Å²) in [5, 5.41) is 0. The highest BCUT2D eigenvalue weighted by Crippen LogP contribution is 2.20. The van der Waals surface area contributed by atoms with E-state index in [1.54, 1.807) is 12.1 Å². The van der Waals surface area contributed by atoms with E-state index in [0.29, 0.717) is 6.42 Å². The number of hydrogen-bond donors (Lipinski definition) is 1. The van der Waals surface area contributed by atoms with Gasteiger partial charge in [-0.2, -0.15) is 0 Å². The van der Waals surface area contributed by atoms with Crippen LogP contribution in [0.3, 0.4) is 0 Å². The lowest BCUT2D eigenvalue weighted by Crippen LogP contribution is -2.26. The molecule has 0 aliphatic rings. The highest BCUT2D eigenvalue weighted by molar-refractivity contribution is 9.10. The van der Waals surface area contributed by atoms with Crippen molar-refractivity contribution in [2.45, 2.75) is 32.7 Å². The van der Waals surface area contributed by atoms with Gasteiger partial charge in [0.05, 0.1) is 0 Å². The van der Waals surface area contributed by atoms with E-state index >= 15 is 0 Å². The fraction of sp³-hybridized carbons (Fsp3) is 0.294. The molecular formula is C17H19BrFN. The molecule has 0 saturated carbocycles. The third-order valence-corrected chi connectivity index (χ3v) is 4.25. The van der Waals surface area contributed by atoms with Gasteiger partial charge in [0.2, 0.25) is 0 Å². The molecule has 1 nitrogen and oxygen atoms in total. The van der Waals surface area contributed by atoms with Crippen molar-refractivity contribution in [3.05, 3.63) is 68.9 Å². The molecule has 20 heavy (non-hydrogen) atoms. The summed E-state index contributed by atoms with van der Waals surface area (Å²) in [5.74, 6) is -0.220. The van der Waals surface area contributed by atoms with E-state index < -0.39 is 0 Å². The summed E-state index contributed by atoms with van der Waals surface area (Å²) in [7, 11) is 0. The quantitative estimate of drug-likeness (QED) is 0.884. The van der Waals surface area contributed by atoms with Crippen LogP contribution in [0, 0.1) is 19.7 Å². The Labute approximate surface area is 128 Å². The second-order valence-electron chi connectivity index (χ2n) is 5.33. The Morgan fingerprint density at radius 1 is 1.05 bits per heavy atom. The first-order valence-corrected chi connectivity index (χ1v) is 7.50. The molecule has 1 atom stereocenters. The zero-order valence-corrected chi connectivity index (χ0v) is 13.4. The normalized spacial score (nSPS) is 12.4. The smallest absolute Gasteiger partial charge is 0.123 e. The summed E-state index contributed by atoms with van der Waals surface area (Å²) in [5.41, 5.74) is 10.9. The van der Waals surface area contributed by atoms with Crippen LogP contribution in [0.4, 0.5) is 4.39 Å². The second kappa shape index (κ2) is 6.51. The predicted octanol–water partition coefficient (Wildman–Crippen LogP) is 4.32. The second-order valence-corrected chi connectivity index (χ2v) is 6.19. The first kappa shape index (κ1) is 15.2. The number of nitrogens with two attached hydrogens (primary N) is 1. The monoisotopic (exact) mass is 335 g/mol. The van der Waals surface area contributed by atoms with E-state index in [9.17, 15) is 4.39 Å². The van der Waals surface area contributed by atoms with Gasteiger partial charge in [-0.3, -0.25) is 0 Å². The average molecular weight is 336 g/mol. The van der Waals surface area contributed by atoms with E-state index in [-0.39, 0.29) is 11.9 Å². The fourth-order valence-electron chi connectivity index (χ4n) is 2.36. The molecule has 0 aliphatic heterocycles.